The Morgan fingerprint density at radius 3 is 2.64 bits per heavy atom. The summed E-state index contributed by atoms with van der Waals surface area (Å²) in [5.74, 6) is 0.161. The highest BCUT2D eigenvalue weighted by Crippen LogP contribution is 2.40. The number of aliphatic imine (C=N–C) groups is 2. The molecule has 0 atom stereocenters. The van der Waals surface area contributed by atoms with Gasteiger partial charge >= 0.3 is 12.4 Å². The number of amidine groups is 1. The fourth-order valence-electron chi connectivity index (χ4n) is 5.87. The topological polar surface area (TPSA) is 104 Å². The van der Waals surface area contributed by atoms with E-state index in [1.165, 1.54) is 35.0 Å². The number of halogens is 3. The van der Waals surface area contributed by atoms with Crippen molar-refractivity contribution in [3.05, 3.63) is 119 Å². The lowest BCUT2D eigenvalue weighted by atomic mass is 9.95. The molecule has 4 aromatic rings. The van der Waals surface area contributed by atoms with E-state index >= 15 is 0 Å². The van der Waals surface area contributed by atoms with E-state index in [0.717, 1.165) is 45.9 Å². The summed E-state index contributed by atoms with van der Waals surface area (Å²) >= 11 is 1.25. The van der Waals surface area contributed by atoms with Gasteiger partial charge in [0.15, 0.2) is 5.84 Å². The number of carbonyl (C=O) groups excluding carboxylic acids is 2. The normalized spacial score (nSPS) is 15.2. The molecule has 7 nitrogen and oxygen atoms in total. The van der Waals surface area contributed by atoms with Gasteiger partial charge in [-0.25, -0.2) is 9.79 Å². The maximum Gasteiger partial charge on any atom is 0.573 e. The summed E-state index contributed by atoms with van der Waals surface area (Å²) in [5, 5.41) is 14.0. The number of alkyl halides is 3. The Morgan fingerprint density at radius 2 is 1.86 bits per heavy atom. The second-order valence-electron chi connectivity index (χ2n) is 12.0. The van der Waals surface area contributed by atoms with Gasteiger partial charge in [-0.05, 0) is 113 Å². The number of Topliss-reactive ketones (excluding diaryl/α,β-unsaturated/α-hetero) is 1. The zero-order valence-corrected chi connectivity index (χ0v) is 28.1. The van der Waals surface area contributed by atoms with Gasteiger partial charge in [-0.3, -0.25) is 10.2 Å². The number of urea groups is 1. The van der Waals surface area contributed by atoms with Crippen LogP contribution in [0.5, 0.6) is 5.75 Å². The summed E-state index contributed by atoms with van der Waals surface area (Å²) < 4.78 is 40.9. The highest BCUT2D eigenvalue weighted by atomic mass is 32.2. The summed E-state index contributed by atoms with van der Waals surface area (Å²) in [6.07, 6.45) is 4.81. The van der Waals surface area contributed by atoms with Gasteiger partial charge in [-0.2, -0.15) is 4.99 Å². The van der Waals surface area contributed by atoms with E-state index in [2.05, 4.69) is 44.7 Å². The minimum atomic E-state index is -4.71. The molecule has 0 unspecified atom stereocenters. The van der Waals surface area contributed by atoms with Crippen LogP contribution in [-0.4, -0.2) is 41.0 Å². The molecule has 1 radical (unpaired) electrons. The molecule has 2 aliphatic rings. The maximum absolute atomic E-state index is 13.1. The third-order valence-electron chi connectivity index (χ3n) is 8.40. The first-order chi connectivity index (χ1) is 24.1. The highest BCUT2D eigenvalue weighted by molar-refractivity contribution is 8.14. The van der Waals surface area contributed by atoms with E-state index < -0.39 is 12.4 Å². The largest absolute Gasteiger partial charge is 0.573 e. The van der Waals surface area contributed by atoms with E-state index in [1.807, 2.05) is 31.2 Å². The molecule has 2 amide bonds. The number of nitrogens with zero attached hydrogens (tertiary/aromatic N) is 2. The van der Waals surface area contributed by atoms with Gasteiger partial charge in [0, 0.05) is 30.3 Å². The molecule has 2 N–H and O–H groups in total. The van der Waals surface area contributed by atoms with Gasteiger partial charge in [0.1, 0.15) is 16.6 Å². The molecule has 255 valence electrons. The predicted molar refractivity (Wildman–Crippen MR) is 195 cm³/mol. The van der Waals surface area contributed by atoms with Crippen LogP contribution < -0.4 is 10.1 Å². The SMILES string of the molecule is CCc1cc(C(=N)N=CCCCCc2ccc(OC(F)(F)F)cc2)ccc1NC(=O)/N=C1/C=C(c2cccc3c4c(ccc23)[CH]4)CC(=O)CS1. The monoisotopic (exact) mass is 695 g/mol. The van der Waals surface area contributed by atoms with E-state index in [1.54, 1.807) is 30.5 Å². The van der Waals surface area contributed by atoms with Gasteiger partial charge < -0.3 is 10.1 Å². The van der Waals surface area contributed by atoms with Crippen molar-refractivity contribution in [3.8, 4) is 5.75 Å². The number of nitrogens with one attached hydrogen (secondary N) is 2. The smallest absolute Gasteiger partial charge is 0.406 e. The standard InChI is InChI=1S/C39H34F3N4O3S/c1-2-25-19-27(37(43)44-18-5-3-4-7-24-10-14-30(15-11-24)49-39(40,41)42)13-17-35(25)45-38(48)46-36-22-28(20-29(47)23-50-36)31-8-6-9-32-33(31)16-12-26-21-34(26)32/h6,8-19,21-22,43H,2-5,7,20,23H2,1H3,(H,45,48)/b43-37?,44-18?,46-36-. The van der Waals surface area contributed by atoms with Gasteiger partial charge in [-0.15, -0.1) is 13.2 Å². The lowest BCUT2D eigenvalue weighted by Gasteiger charge is -2.11. The molecule has 1 aliphatic heterocycles. The van der Waals surface area contributed by atoms with Gasteiger partial charge in [-0.1, -0.05) is 61.2 Å². The zero-order chi connectivity index (χ0) is 35.3. The summed E-state index contributed by atoms with van der Waals surface area (Å²) in [6.45, 7) is 1.96. The Kier molecular flexibility index (Phi) is 10.6. The molecule has 0 fully saturated rings. The minimum Gasteiger partial charge on any atom is -0.406 e. The maximum atomic E-state index is 13.1. The number of thioether (sulfide) groups is 1. The number of aryl methyl sites for hydroxylation is 2. The van der Waals surface area contributed by atoms with Crippen molar-refractivity contribution < 1.29 is 27.5 Å². The van der Waals surface area contributed by atoms with E-state index in [4.69, 9.17) is 5.41 Å². The van der Waals surface area contributed by atoms with E-state index in [-0.39, 0.29) is 29.5 Å². The lowest BCUT2D eigenvalue weighted by Crippen LogP contribution is -2.17. The molecule has 0 saturated carbocycles. The van der Waals surface area contributed by atoms with Crippen molar-refractivity contribution in [1.82, 2.24) is 0 Å². The van der Waals surface area contributed by atoms with Crippen LogP contribution in [-0.2, 0) is 17.6 Å². The number of allylic oxidation sites excluding steroid dienone is 1. The molecule has 50 heavy (non-hydrogen) atoms. The lowest BCUT2D eigenvalue weighted by molar-refractivity contribution is -0.274. The summed E-state index contributed by atoms with van der Waals surface area (Å²) in [4.78, 5) is 34.4. The quantitative estimate of drug-likeness (QED) is 0.0863. The van der Waals surface area contributed by atoms with Crippen molar-refractivity contribution in [1.29, 1.82) is 5.41 Å². The summed E-state index contributed by atoms with van der Waals surface area (Å²) in [6, 6.07) is 20.9. The first-order valence-corrected chi connectivity index (χ1v) is 17.3. The molecule has 1 heterocycles. The number of ketones is 1. The molecule has 4 aromatic carbocycles. The predicted octanol–water partition coefficient (Wildman–Crippen LogP) is 9.74. The molecule has 11 heteroatoms. The highest BCUT2D eigenvalue weighted by Gasteiger charge is 2.31. The zero-order valence-electron chi connectivity index (χ0n) is 27.3. The summed E-state index contributed by atoms with van der Waals surface area (Å²) in [7, 11) is 0. The molecular weight excluding hydrogens is 662 g/mol. The van der Waals surface area contributed by atoms with Crippen LogP contribution in [0.4, 0.5) is 23.7 Å². The number of rotatable bonds is 10. The van der Waals surface area contributed by atoms with Crippen molar-refractivity contribution in [3.63, 3.8) is 0 Å². The molecule has 1 aliphatic carbocycles. The number of unbranched alkanes of at least 4 members (excludes halogenated alkanes) is 2. The number of carbonyl (C=O) groups is 2. The van der Waals surface area contributed by atoms with E-state index in [0.29, 0.717) is 35.6 Å². The van der Waals surface area contributed by atoms with Gasteiger partial charge in [0.05, 0.1) is 5.75 Å². The number of benzene rings is 4. The molecule has 0 spiro atoms. The van der Waals surface area contributed by atoms with E-state index in [9.17, 15) is 22.8 Å². The Hall–Kier alpha value is -5.03. The van der Waals surface area contributed by atoms with Gasteiger partial charge in [0.25, 0.3) is 0 Å². The number of ether oxygens (including phenoxy) is 1. The first-order valence-electron chi connectivity index (χ1n) is 16.3. The van der Waals surface area contributed by atoms with Crippen LogP contribution in [0.1, 0.15) is 66.0 Å². The molecule has 0 saturated heterocycles. The number of amides is 2. The molecule has 6 rings (SSSR count). The van der Waals surface area contributed by atoms with Crippen LogP contribution in [0.3, 0.4) is 0 Å². The fourth-order valence-corrected chi connectivity index (χ4v) is 6.66. The second-order valence-corrected chi connectivity index (χ2v) is 13.0. The summed E-state index contributed by atoms with van der Waals surface area (Å²) in [5.41, 5.74) is 7.21. The number of hydrogen-bond donors (Lipinski definition) is 2. The van der Waals surface area contributed by atoms with Crippen LogP contribution >= 0.6 is 11.8 Å². The Morgan fingerprint density at radius 1 is 1.04 bits per heavy atom. The van der Waals surface area contributed by atoms with Crippen LogP contribution in [0, 0.1) is 11.8 Å². The Bertz CT molecular complexity index is 2050. The van der Waals surface area contributed by atoms with Crippen LogP contribution in [0.15, 0.2) is 88.9 Å². The third-order valence-corrected chi connectivity index (χ3v) is 9.38. The Labute approximate surface area is 292 Å². The number of fused-ring (bicyclic) bond motifs is 3. The fraction of sp³-hybridized carbons (Fsp3) is 0.231. The number of anilines is 1. The van der Waals surface area contributed by atoms with Crippen molar-refractivity contribution in [2.45, 2.75) is 51.8 Å². The first kappa shape index (κ1) is 34.8. The average Bonchev–Trinajstić information content (AvgIpc) is 3.91. The molecule has 0 bridgehead atoms. The van der Waals surface area contributed by atoms with Crippen LogP contribution in [0.25, 0.3) is 16.3 Å². The third kappa shape index (κ3) is 8.95. The second kappa shape index (κ2) is 15.2. The van der Waals surface area contributed by atoms with Gasteiger partial charge in [0.2, 0.25) is 0 Å². The van der Waals surface area contributed by atoms with Crippen LogP contribution in [0.2, 0.25) is 0 Å². The molecular formula is C39H34F3N4O3S. The van der Waals surface area contributed by atoms with Crippen molar-refractivity contribution in [2.24, 2.45) is 9.98 Å². The minimum absolute atomic E-state index is 0.0724. The average molecular weight is 696 g/mol. The van der Waals surface area contributed by atoms with Crippen molar-refractivity contribution >= 4 is 62.7 Å². The number of hydrogen-bond acceptors (Lipinski definition) is 5. The molecule has 0 aromatic heterocycles. The van der Waals surface area contributed by atoms with Crippen molar-refractivity contribution in [2.75, 3.05) is 11.1 Å². The Balaban J connectivity index is 1.04.